The van der Waals surface area contributed by atoms with E-state index in [0.717, 1.165) is 38.5 Å². The average molecular weight is 270 g/mol. The van der Waals surface area contributed by atoms with Crippen LogP contribution in [-0.2, 0) is 4.79 Å². The Labute approximate surface area is 115 Å². The zero-order chi connectivity index (χ0) is 14.1. The predicted octanol–water partition coefficient (Wildman–Crippen LogP) is 2.61. The number of rotatable bonds is 8. The molecule has 0 aromatic rings. The van der Waals surface area contributed by atoms with Crippen LogP contribution in [0.3, 0.4) is 0 Å². The molecule has 110 valence electrons. The van der Waals surface area contributed by atoms with Gasteiger partial charge in [0, 0.05) is 26.1 Å². The summed E-state index contributed by atoms with van der Waals surface area (Å²) in [4.78, 5) is 24.0. The maximum atomic E-state index is 11.8. The normalized spacial score (nSPS) is 15.4. The molecule has 0 bridgehead atoms. The summed E-state index contributed by atoms with van der Waals surface area (Å²) in [5, 5.41) is 11.4. The lowest BCUT2D eigenvalue weighted by molar-refractivity contribution is -0.137. The van der Waals surface area contributed by atoms with Crippen LogP contribution in [0.1, 0.15) is 57.8 Å². The summed E-state index contributed by atoms with van der Waals surface area (Å²) in [7, 11) is 1.87. The van der Waals surface area contributed by atoms with E-state index in [1.807, 2.05) is 11.9 Å². The second-order valence-corrected chi connectivity index (χ2v) is 5.34. The number of amides is 2. The van der Waals surface area contributed by atoms with Crippen LogP contribution in [0.15, 0.2) is 0 Å². The summed E-state index contributed by atoms with van der Waals surface area (Å²) in [6.07, 6.45) is 8.49. The first-order valence-corrected chi connectivity index (χ1v) is 7.33. The molecule has 0 aliphatic heterocycles. The minimum absolute atomic E-state index is 0.0254. The molecule has 2 N–H and O–H groups in total. The number of nitrogens with zero attached hydrogens (tertiary/aromatic N) is 1. The predicted molar refractivity (Wildman–Crippen MR) is 74.1 cm³/mol. The number of carboxylic acids is 1. The van der Waals surface area contributed by atoms with Crippen molar-refractivity contribution in [2.24, 2.45) is 0 Å². The van der Waals surface area contributed by atoms with Gasteiger partial charge in [-0.1, -0.05) is 25.7 Å². The van der Waals surface area contributed by atoms with E-state index in [0.29, 0.717) is 12.6 Å². The van der Waals surface area contributed by atoms with Crippen LogP contribution in [0.5, 0.6) is 0 Å². The Morgan fingerprint density at radius 3 is 2.42 bits per heavy atom. The van der Waals surface area contributed by atoms with Crippen LogP contribution in [0.4, 0.5) is 4.79 Å². The fraction of sp³-hybridized carbons (Fsp3) is 0.857. The molecule has 0 spiro atoms. The molecule has 19 heavy (non-hydrogen) atoms. The summed E-state index contributed by atoms with van der Waals surface area (Å²) in [5.41, 5.74) is 0. The zero-order valence-corrected chi connectivity index (χ0v) is 11.9. The summed E-state index contributed by atoms with van der Waals surface area (Å²) in [5.74, 6) is -0.730. The zero-order valence-electron chi connectivity index (χ0n) is 11.9. The number of carbonyl (C=O) groups is 2. The second-order valence-electron chi connectivity index (χ2n) is 5.34. The summed E-state index contributed by atoms with van der Waals surface area (Å²) in [6.45, 7) is 0.683. The number of carbonyl (C=O) groups excluding carboxylic acids is 1. The number of aliphatic carboxylic acids is 1. The number of carboxylic acid groups (broad SMARTS) is 1. The van der Waals surface area contributed by atoms with Crippen LogP contribution < -0.4 is 5.32 Å². The van der Waals surface area contributed by atoms with Crippen LogP contribution in [0.25, 0.3) is 0 Å². The lowest BCUT2D eigenvalue weighted by Crippen LogP contribution is -2.42. The molecular weight excluding hydrogens is 244 g/mol. The van der Waals surface area contributed by atoms with E-state index in [9.17, 15) is 9.59 Å². The quantitative estimate of drug-likeness (QED) is 0.666. The van der Waals surface area contributed by atoms with Gasteiger partial charge in [0.05, 0.1) is 0 Å². The Hall–Kier alpha value is -1.26. The first-order valence-electron chi connectivity index (χ1n) is 7.33. The van der Waals surface area contributed by atoms with Crippen LogP contribution in [0, 0.1) is 0 Å². The molecule has 0 saturated heterocycles. The SMILES string of the molecule is CN(C(=O)NCCCCCCC(=O)O)C1CCCC1. The van der Waals surface area contributed by atoms with Gasteiger partial charge in [0.25, 0.3) is 0 Å². The molecule has 1 aliphatic rings. The molecule has 0 atom stereocenters. The third kappa shape index (κ3) is 6.45. The Balaban J connectivity index is 1.99. The van der Waals surface area contributed by atoms with Crippen LogP contribution in [0.2, 0.25) is 0 Å². The molecule has 1 aliphatic carbocycles. The van der Waals surface area contributed by atoms with Crippen molar-refractivity contribution in [1.29, 1.82) is 0 Å². The van der Waals surface area contributed by atoms with E-state index in [2.05, 4.69) is 5.32 Å². The average Bonchev–Trinajstić information content (AvgIpc) is 2.89. The van der Waals surface area contributed by atoms with Gasteiger partial charge in [-0.2, -0.15) is 0 Å². The molecule has 0 radical (unpaired) electrons. The molecule has 1 rings (SSSR count). The maximum Gasteiger partial charge on any atom is 0.317 e. The topological polar surface area (TPSA) is 69.6 Å². The number of hydrogen-bond donors (Lipinski definition) is 2. The number of urea groups is 1. The molecule has 5 nitrogen and oxygen atoms in total. The van der Waals surface area contributed by atoms with E-state index in [4.69, 9.17) is 5.11 Å². The maximum absolute atomic E-state index is 11.8. The molecule has 0 aromatic heterocycles. The Morgan fingerprint density at radius 1 is 1.16 bits per heavy atom. The molecule has 5 heteroatoms. The number of unbranched alkanes of at least 4 members (excludes halogenated alkanes) is 3. The summed E-state index contributed by atoms with van der Waals surface area (Å²) in [6, 6.07) is 0.438. The van der Waals surface area contributed by atoms with Crippen molar-refractivity contribution in [3.05, 3.63) is 0 Å². The van der Waals surface area contributed by atoms with Crippen molar-refractivity contribution >= 4 is 12.0 Å². The lowest BCUT2D eigenvalue weighted by atomic mass is 10.1. The van der Waals surface area contributed by atoms with Crippen LogP contribution in [-0.4, -0.2) is 41.6 Å². The Morgan fingerprint density at radius 2 is 1.79 bits per heavy atom. The van der Waals surface area contributed by atoms with Gasteiger partial charge < -0.3 is 15.3 Å². The minimum atomic E-state index is -0.730. The molecule has 1 saturated carbocycles. The highest BCUT2D eigenvalue weighted by atomic mass is 16.4. The van der Waals surface area contributed by atoms with Gasteiger partial charge in [-0.25, -0.2) is 4.79 Å². The van der Waals surface area contributed by atoms with Gasteiger partial charge in [-0.05, 0) is 25.7 Å². The molecular formula is C14H26N2O3. The van der Waals surface area contributed by atoms with E-state index in [1.54, 1.807) is 0 Å². The van der Waals surface area contributed by atoms with Gasteiger partial charge >= 0.3 is 12.0 Å². The Kier molecular flexibility index (Phi) is 7.30. The van der Waals surface area contributed by atoms with Gasteiger partial charge in [0.15, 0.2) is 0 Å². The smallest absolute Gasteiger partial charge is 0.317 e. The fourth-order valence-corrected chi connectivity index (χ4v) is 2.53. The highest BCUT2D eigenvalue weighted by molar-refractivity contribution is 5.74. The fourth-order valence-electron chi connectivity index (χ4n) is 2.53. The number of nitrogens with one attached hydrogen (secondary N) is 1. The molecule has 2 amide bonds. The molecule has 0 unspecified atom stereocenters. The van der Waals surface area contributed by atoms with Gasteiger partial charge in [0.2, 0.25) is 0 Å². The number of hydrogen-bond acceptors (Lipinski definition) is 2. The standard InChI is InChI=1S/C14H26N2O3/c1-16(12-8-5-6-9-12)14(19)15-11-7-3-2-4-10-13(17)18/h12H,2-11H2,1H3,(H,15,19)(H,17,18). The van der Waals surface area contributed by atoms with Crippen molar-refractivity contribution in [3.63, 3.8) is 0 Å². The third-order valence-corrected chi connectivity index (χ3v) is 3.79. The van der Waals surface area contributed by atoms with E-state index < -0.39 is 5.97 Å². The first-order chi connectivity index (χ1) is 9.11. The van der Waals surface area contributed by atoms with Crippen LogP contribution >= 0.6 is 0 Å². The summed E-state index contributed by atoms with van der Waals surface area (Å²) < 4.78 is 0. The van der Waals surface area contributed by atoms with E-state index >= 15 is 0 Å². The van der Waals surface area contributed by atoms with E-state index in [-0.39, 0.29) is 12.5 Å². The lowest BCUT2D eigenvalue weighted by Gasteiger charge is -2.24. The van der Waals surface area contributed by atoms with Gasteiger partial charge in [0.1, 0.15) is 0 Å². The minimum Gasteiger partial charge on any atom is -0.481 e. The van der Waals surface area contributed by atoms with Gasteiger partial charge in [-0.15, -0.1) is 0 Å². The molecule has 0 aromatic carbocycles. The van der Waals surface area contributed by atoms with Crippen molar-refractivity contribution in [2.75, 3.05) is 13.6 Å². The monoisotopic (exact) mass is 270 g/mol. The first kappa shape index (κ1) is 15.8. The van der Waals surface area contributed by atoms with Crippen molar-refractivity contribution < 1.29 is 14.7 Å². The second kappa shape index (κ2) is 8.77. The Bertz CT molecular complexity index is 288. The largest absolute Gasteiger partial charge is 0.481 e. The van der Waals surface area contributed by atoms with Gasteiger partial charge in [-0.3, -0.25) is 4.79 Å². The van der Waals surface area contributed by atoms with Crippen molar-refractivity contribution in [2.45, 2.75) is 63.8 Å². The third-order valence-electron chi connectivity index (χ3n) is 3.79. The molecule has 1 fully saturated rings. The molecule has 0 heterocycles. The highest BCUT2D eigenvalue weighted by Crippen LogP contribution is 2.22. The highest BCUT2D eigenvalue weighted by Gasteiger charge is 2.22. The van der Waals surface area contributed by atoms with Crippen molar-refractivity contribution in [3.8, 4) is 0 Å². The van der Waals surface area contributed by atoms with E-state index in [1.165, 1.54) is 12.8 Å². The van der Waals surface area contributed by atoms with Crippen molar-refractivity contribution in [1.82, 2.24) is 10.2 Å². The summed E-state index contributed by atoms with van der Waals surface area (Å²) >= 11 is 0.